The Kier molecular flexibility index (Phi) is 10.5. The lowest BCUT2D eigenvalue weighted by Crippen LogP contribution is -2.41. The van der Waals surface area contributed by atoms with Crippen LogP contribution >= 0.6 is 11.8 Å². The van der Waals surface area contributed by atoms with Gasteiger partial charge in [-0.2, -0.15) is 0 Å². The topological polar surface area (TPSA) is 96.6 Å². The number of ether oxygens (including phenoxy) is 1. The van der Waals surface area contributed by atoms with E-state index in [1.165, 1.54) is 24.6 Å². The van der Waals surface area contributed by atoms with Gasteiger partial charge in [0, 0.05) is 67.8 Å². The molecule has 2 N–H and O–H groups in total. The summed E-state index contributed by atoms with van der Waals surface area (Å²) >= 11 is 1.18. The van der Waals surface area contributed by atoms with Gasteiger partial charge in [0.25, 0.3) is 0 Å². The number of aromatic nitrogens is 1. The van der Waals surface area contributed by atoms with E-state index in [4.69, 9.17) is 20.5 Å². The van der Waals surface area contributed by atoms with E-state index in [-0.39, 0.29) is 11.8 Å². The maximum Gasteiger partial charge on any atom is 0.222 e. The first-order chi connectivity index (χ1) is 21.2. The molecule has 8 nitrogen and oxygen atoms in total. The molecule has 0 bridgehead atoms. The van der Waals surface area contributed by atoms with Gasteiger partial charge < -0.3 is 14.5 Å². The summed E-state index contributed by atoms with van der Waals surface area (Å²) in [5, 5.41) is 17.3. The van der Waals surface area contributed by atoms with Gasteiger partial charge in [-0.1, -0.05) is 43.8 Å². The van der Waals surface area contributed by atoms with E-state index in [0.717, 1.165) is 60.7 Å². The van der Waals surface area contributed by atoms with Crippen LogP contribution in [0.2, 0.25) is 0 Å². The van der Waals surface area contributed by atoms with E-state index in [9.17, 15) is 4.79 Å². The van der Waals surface area contributed by atoms with Crippen molar-refractivity contribution in [2.24, 2.45) is 5.92 Å². The molecule has 0 aliphatic carbocycles. The van der Waals surface area contributed by atoms with Crippen LogP contribution in [-0.2, 0) is 17.9 Å². The van der Waals surface area contributed by atoms with Crippen LogP contribution in [0.1, 0.15) is 56.4 Å². The number of carbonyl (C=O) groups is 1. The summed E-state index contributed by atoms with van der Waals surface area (Å²) in [4.78, 5) is 24.2. The summed E-state index contributed by atoms with van der Waals surface area (Å²) in [6.45, 7) is 8.17. The number of amides is 1. The zero-order valence-corrected chi connectivity index (χ0v) is 27.1. The molecule has 1 amide bonds. The van der Waals surface area contributed by atoms with Crippen LogP contribution in [0.25, 0.3) is 11.3 Å². The van der Waals surface area contributed by atoms with Gasteiger partial charge in [0.15, 0.2) is 0 Å². The third kappa shape index (κ3) is 8.14. The quantitative estimate of drug-likeness (QED) is 0.191. The van der Waals surface area contributed by atoms with Crippen molar-refractivity contribution < 1.29 is 9.53 Å². The summed E-state index contributed by atoms with van der Waals surface area (Å²) in [5.41, 5.74) is 4.61. The molecule has 0 saturated carbocycles. The van der Waals surface area contributed by atoms with Gasteiger partial charge in [0.2, 0.25) is 5.91 Å². The van der Waals surface area contributed by atoms with Gasteiger partial charge in [0.1, 0.15) is 16.5 Å². The van der Waals surface area contributed by atoms with Gasteiger partial charge >= 0.3 is 0 Å². The Labute approximate surface area is 265 Å². The van der Waals surface area contributed by atoms with Gasteiger partial charge in [0.05, 0.1) is 16.4 Å². The second-order valence-electron chi connectivity index (χ2n) is 12.3. The van der Waals surface area contributed by atoms with E-state index in [1.807, 2.05) is 55.1 Å². The molecular weight excluding hydrogens is 568 g/mol. The molecule has 2 aliphatic heterocycles. The average molecular weight is 613 g/mol. The highest BCUT2D eigenvalue weighted by Crippen LogP contribution is 2.33. The molecule has 5 rings (SSSR count). The largest absolute Gasteiger partial charge is 0.457 e. The van der Waals surface area contributed by atoms with Crippen LogP contribution in [0.3, 0.4) is 0 Å². The van der Waals surface area contributed by atoms with E-state index in [2.05, 4.69) is 48.2 Å². The van der Waals surface area contributed by atoms with E-state index in [0.29, 0.717) is 40.6 Å². The Hall–Kier alpha value is -3.53. The van der Waals surface area contributed by atoms with E-state index < -0.39 is 0 Å². The Morgan fingerprint density at radius 2 is 1.77 bits per heavy atom. The smallest absolute Gasteiger partial charge is 0.222 e. The third-order valence-corrected chi connectivity index (χ3v) is 9.59. The maximum atomic E-state index is 12.4. The number of benzene rings is 2. The monoisotopic (exact) mass is 612 g/mol. The first-order valence-corrected chi connectivity index (χ1v) is 16.4. The molecule has 44 heavy (non-hydrogen) atoms. The molecule has 0 unspecified atom stereocenters. The fourth-order valence-electron chi connectivity index (χ4n) is 5.66. The molecule has 2 saturated heterocycles. The summed E-state index contributed by atoms with van der Waals surface area (Å²) in [7, 11) is 4.33. The molecule has 0 atom stereocenters. The number of nitrogens with zero attached hydrogens (tertiary/aromatic N) is 4. The Morgan fingerprint density at radius 1 is 1.02 bits per heavy atom. The number of pyridine rings is 1. The predicted molar refractivity (Wildman–Crippen MR) is 180 cm³/mol. The maximum absolute atomic E-state index is 12.4. The lowest BCUT2D eigenvalue weighted by Gasteiger charge is -2.35. The SMILES string of the molecule is CC(C)C(=N)SC(=N)c1ccc(Oc2cc(-c3cccc(CN4CCC(N(C)C)CC4)n3)ccc2CN2CCCC2=O)cc1. The summed E-state index contributed by atoms with van der Waals surface area (Å²) in [6.07, 6.45) is 3.84. The Balaban J connectivity index is 1.35. The fraction of sp³-hybridized carbons (Fsp3) is 0.429. The molecule has 2 fully saturated rings. The standard InChI is InChI=1S/C35H44N6O2S/c1-24(2)34(36)44-35(37)25-12-14-30(15-13-25)43-32-21-26(10-11-27(32)22-41-18-6-9-33(41)42)31-8-5-7-28(38-31)23-40-19-16-29(17-20-40)39(3)4/h5,7-8,10-15,21,24,29,36-37H,6,9,16-20,22-23H2,1-4H3. The molecular formula is C35H44N6O2S. The van der Waals surface area contributed by atoms with Crippen molar-refractivity contribution >= 4 is 27.8 Å². The van der Waals surface area contributed by atoms with Crippen molar-refractivity contribution in [3.63, 3.8) is 0 Å². The van der Waals surface area contributed by atoms with Crippen molar-refractivity contribution in [1.29, 1.82) is 10.8 Å². The summed E-state index contributed by atoms with van der Waals surface area (Å²) in [6, 6.07) is 20.5. The number of nitrogens with one attached hydrogen (secondary N) is 2. The average Bonchev–Trinajstić information content (AvgIpc) is 3.42. The van der Waals surface area contributed by atoms with Crippen LogP contribution in [0.4, 0.5) is 0 Å². The molecule has 2 aromatic carbocycles. The summed E-state index contributed by atoms with van der Waals surface area (Å²) < 4.78 is 6.45. The van der Waals surface area contributed by atoms with Gasteiger partial charge in [-0.3, -0.25) is 25.5 Å². The number of thioether (sulfide) groups is 1. The van der Waals surface area contributed by atoms with E-state index >= 15 is 0 Å². The van der Waals surface area contributed by atoms with Gasteiger partial charge in [-0.05, 0) is 75.8 Å². The second kappa shape index (κ2) is 14.5. The molecule has 232 valence electrons. The third-order valence-electron chi connectivity index (χ3n) is 8.46. The van der Waals surface area contributed by atoms with Crippen molar-refractivity contribution in [3.8, 4) is 22.8 Å². The normalized spacial score (nSPS) is 16.2. The Bertz CT molecular complexity index is 1480. The summed E-state index contributed by atoms with van der Waals surface area (Å²) in [5.74, 6) is 1.61. The van der Waals surface area contributed by atoms with Crippen LogP contribution in [0.5, 0.6) is 11.5 Å². The number of piperidine rings is 1. The molecule has 1 aromatic heterocycles. The molecule has 9 heteroatoms. The van der Waals surface area contributed by atoms with Crippen LogP contribution in [0, 0.1) is 16.7 Å². The number of likely N-dealkylation sites (tertiary alicyclic amines) is 2. The lowest BCUT2D eigenvalue weighted by molar-refractivity contribution is -0.128. The van der Waals surface area contributed by atoms with Crippen molar-refractivity contribution in [1.82, 2.24) is 19.7 Å². The van der Waals surface area contributed by atoms with Crippen molar-refractivity contribution in [2.75, 3.05) is 33.7 Å². The van der Waals surface area contributed by atoms with Crippen LogP contribution in [-0.4, -0.2) is 75.4 Å². The highest BCUT2D eigenvalue weighted by atomic mass is 32.2. The minimum Gasteiger partial charge on any atom is -0.457 e. The number of hydrogen-bond donors (Lipinski definition) is 2. The highest BCUT2D eigenvalue weighted by molar-refractivity contribution is 8.26. The number of carbonyl (C=O) groups excluding carboxylic acids is 1. The molecule has 3 aromatic rings. The number of rotatable bonds is 10. The van der Waals surface area contributed by atoms with E-state index in [1.54, 1.807) is 0 Å². The predicted octanol–water partition coefficient (Wildman–Crippen LogP) is 6.88. The van der Waals surface area contributed by atoms with Crippen LogP contribution < -0.4 is 4.74 Å². The minimum atomic E-state index is 0.0898. The fourth-order valence-corrected chi connectivity index (χ4v) is 6.37. The number of hydrogen-bond acceptors (Lipinski definition) is 8. The first-order valence-electron chi connectivity index (χ1n) is 15.5. The molecule has 0 spiro atoms. The molecule has 2 aliphatic rings. The highest BCUT2D eigenvalue weighted by Gasteiger charge is 2.23. The second-order valence-corrected chi connectivity index (χ2v) is 13.4. The molecule has 3 heterocycles. The first kappa shape index (κ1) is 31.9. The lowest BCUT2D eigenvalue weighted by atomic mass is 10.0. The van der Waals surface area contributed by atoms with Gasteiger partial charge in [-0.15, -0.1) is 0 Å². The molecule has 0 radical (unpaired) electrons. The zero-order chi connectivity index (χ0) is 31.2. The zero-order valence-electron chi connectivity index (χ0n) is 26.3. The van der Waals surface area contributed by atoms with Crippen LogP contribution in [0.15, 0.2) is 60.7 Å². The van der Waals surface area contributed by atoms with Gasteiger partial charge in [-0.25, -0.2) is 0 Å². The minimum absolute atomic E-state index is 0.0898. The van der Waals surface area contributed by atoms with Crippen molar-refractivity contribution in [2.45, 2.75) is 58.7 Å². The Morgan fingerprint density at radius 3 is 2.43 bits per heavy atom. The van der Waals surface area contributed by atoms with Crippen molar-refractivity contribution in [3.05, 3.63) is 77.5 Å².